The fraction of sp³-hybridized carbons (Fsp3) is 0.0870. The molecule has 0 fully saturated rings. The van der Waals surface area contributed by atoms with Gasteiger partial charge in [0.2, 0.25) is 5.95 Å². The maximum atomic E-state index is 6.72. The van der Waals surface area contributed by atoms with Crippen LogP contribution in [0.25, 0.3) is 49.6 Å². The molecule has 0 saturated carbocycles. The number of para-hydroxylation sites is 2. The van der Waals surface area contributed by atoms with E-state index in [9.17, 15) is 0 Å². The molecule has 0 saturated heterocycles. The van der Waals surface area contributed by atoms with Crippen LogP contribution in [0, 0.1) is 0 Å². The van der Waals surface area contributed by atoms with Crippen molar-refractivity contribution in [3.63, 3.8) is 0 Å². The van der Waals surface area contributed by atoms with Crippen molar-refractivity contribution in [3.05, 3.63) is 65.6 Å². The topological polar surface area (TPSA) is 99.5 Å². The number of imidazole rings is 1. The van der Waals surface area contributed by atoms with Crippen molar-refractivity contribution in [1.29, 1.82) is 0 Å². The standard InChI is InChI=1S/C23H19N7/c1-30(2)23-28-19-17-13-8-4-6-10-16(13)26-22(17)27-20(21(19)29-23)18(24)14-11-25-15-9-5-3-7-12(14)15/h3-11,25H,24H2,1-2H3,(H,26,27). The number of hydrogen-bond acceptors (Lipinski definition) is 5. The predicted molar refractivity (Wildman–Crippen MR) is 121 cm³/mol. The lowest BCUT2D eigenvalue weighted by Crippen LogP contribution is -2.19. The van der Waals surface area contributed by atoms with Gasteiger partial charge in [-0.2, -0.15) is 0 Å². The highest BCUT2D eigenvalue weighted by atomic mass is 15.2. The second kappa shape index (κ2) is 5.93. The molecule has 0 amide bonds. The molecule has 6 aromatic rings. The Labute approximate surface area is 171 Å². The van der Waals surface area contributed by atoms with Gasteiger partial charge < -0.3 is 20.6 Å². The Bertz CT molecular complexity index is 1640. The van der Waals surface area contributed by atoms with Gasteiger partial charge in [0.15, 0.2) is 0 Å². The zero-order valence-corrected chi connectivity index (χ0v) is 16.6. The average Bonchev–Trinajstić information content (AvgIpc) is 3.46. The number of rotatable bonds is 2. The largest absolute Gasteiger partial charge is 0.396 e. The van der Waals surface area contributed by atoms with Gasteiger partial charge in [0.1, 0.15) is 16.7 Å². The molecule has 30 heavy (non-hydrogen) atoms. The first kappa shape index (κ1) is 16.8. The fourth-order valence-corrected chi connectivity index (χ4v) is 4.10. The molecule has 0 aliphatic heterocycles. The highest BCUT2D eigenvalue weighted by Crippen LogP contribution is 2.30. The number of aromatic nitrogens is 5. The summed E-state index contributed by atoms with van der Waals surface area (Å²) in [5, 5.41) is 3.81. The van der Waals surface area contributed by atoms with Crippen LogP contribution in [-0.4, -0.2) is 39.0 Å². The Hall–Kier alpha value is -4.13. The van der Waals surface area contributed by atoms with E-state index in [0.717, 1.165) is 54.8 Å². The molecular weight excluding hydrogens is 374 g/mol. The second-order valence-corrected chi connectivity index (χ2v) is 7.63. The second-order valence-electron chi connectivity index (χ2n) is 7.63. The number of nitrogens with one attached hydrogen (secondary N) is 2. The van der Waals surface area contributed by atoms with E-state index in [2.05, 4.69) is 22.1 Å². The Morgan fingerprint density at radius 3 is 2.47 bits per heavy atom. The smallest absolute Gasteiger partial charge is 0.226 e. The molecule has 0 unspecified atom stereocenters. The van der Waals surface area contributed by atoms with Gasteiger partial charge in [-0.15, -0.1) is 0 Å². The third kappa shape index (κ3) is 2.23. The third-order valence-corrected chi connectivity index (χ3v) is 5.56. The van der Waals surface area contributed by atoms with E-state index in [0.29, 0.717) is 11.6 Å². The van der Waals surface area contributed by atoms with E-state index in [1.165, 1.54) is 0 Å². The third-order valence-electron chi connectivity index (χ3n) is 5.56. The van der Waals surface area contributed by atoms with E-state index in [4.69, 9.17) is 20.7 Å². The molecule has 0 bridgehead atoms. The SMILES string of the molecule is CN(C)c1nc2c(=C(N)c3c[nH]c4ccccc34)[nH]c3nc4ccccc4c3c2n1. The van der Waals surface area contributed by atoms with Crippen LogP contribution in [0.15, 0.2) is 54.7 Å². The lowest BCUT2D eigenvalue weighted by Gasteiger charge is -2.04. The van der Waals surface area contributed by atoms with Crippen LogP contribution in [0.2, 0.25) is 0 Å². The van der Waals surface area contributed by atoms with Crippen LogP contribution in [0.4, 0.5) is 5.95 Å². The maximum absolute atomic E-state index is 6.72. The molecule has 0 spiro atoms. The highest BCUT2D eigenvalue weighted by Gasteiger charge is 2.18. The Balaban J connectivity index is 1.81. The summed E-state index contributed by atoms with van der Waals surface area (Å²) in [5.74, 6) is 0.643. The Morgan fingerprint density at radius 2 is 1.63 bits per heavy atom. The van der Waals surface area contributed by atoms with Crippen molar-refractivity contribution in [2.45, 2.75) is 0 Å². The number of benzene rings is 2. The summed E-state index contributed by atoms with van der Waals surface area (Å²) in [6.45, 7) is 0. The first-order valence-electron chi connectivity index (χ1n) is 9.73. The van der Waals surface area contributed by atoms with Crippen LogP contribution in [0.1, 0.15) is 5.56 Å². The van der Waals surface area contributed by atoms with Crippen molar-refractivity contribution in [2.75, 3.05) is 19.0 Å². The normalized spacial score (nSPS) is 13.0. The fourth-order valence-electron chi connectivity index (χ4n) is 4.10. The average molecular weight is 393 g/mol. The molecule has 4 aromatic heterocycles. The molecule has 0 aliphatic carbocycles. The summed E-state index contributed by atoms with van der Waals surface area (Å²) in [4.78, 5) is 23.1. The molecule has 4 N–H and O–H groups in total. The van der Waals surface area contributed by atoms with Gasteiger partial charge in [-0.3, -0.25) is 0 Å². The minimum atomic E-state index is 0.608. The van der Waals surface area contributed by atoms with Crippen molar-refractivity contribution in [1.82, 2.24) is 24.9 Å². The van der Waals surface area contributed by atoms with Crippen molar-refractivity contribution in [3.8, 4) is 0 Å². The van der Waals surface area contributed by atoms with Crippen LogP contribution >= 0.6 is 0 Å². The van der Waals surface area contributed by atoms with Gasteiger partial charge in [0.25, 0.3) is 0 Å². The number of nitrogens with two attached hydrogens (primary N) is 1. The predicted octanol–water partition coefficient (Wildman–Crippen LogP) is 3.04. The van der Waals surface area contributed by atoms with Gasteiger partial charge in [-0.1, -0.05) is 36.4 Å². The Kier molecular flexibility index (Phi) is 3.32. The number of hydrogen-bond donors (Lipinski definition) is 3. The molecule has 0 atom stereocenters. The van der Waals surface area contributed by atoms with E-state index in [1.807, 2.05) is 61.6 Å². The molecule has 2 aromatic carbocycles. The van der Waals surface area contributed by atoms with E-state index in [-0.39, 0.29) is 0 Å². The van der Waals surface area contributed by atoms with Crippen molar-refractivity contribution >= 4 is 55.5 Å². The van der Waals surface area contributed by atoms with Crippen LogP contribution in [0.3, 0.4) is 0 Å². The summed E-state index contributed by atoms with van der Waals surface area (Å²) < 4.78 is 0. The summed E-state index contributed by atoms with van der Waals surface area (Å²) in [6, 6.07) is 16.2. The molecule has 0 radical (unpaired) electrons. The minimum Gasteiger partial charge on any atom is -0.396 e. The monoisotopic (exact) mass is 393 g/mol. The number of nitrogens with zero attached hydrogens (tertiary/aromatic N) is 4. The van der Waals surface area contributed by atoms with Gasteiger partial charge >= 0.3 is 0 Å². The molecule has 7 nitrogen and oxygen atoms in total. The lowest BCUT2D eigenvalue weighted by molar-refractivity contribution is 1.05. The minimum absolute atomic E-state index is 0.608. The zero-order valence-electron chi connectivity index (χ0n) is 16.6. The molecule has 7 heteroatoms. The zero-order chi connectivity index (χ0) is 20.4. The molecular formula is C23H19N7. The quantitative estimate of drug-likeness (QED) is 0.420. The summed E-state index contributed by atoms with van der Waals surface area (Å²) in [7, 11) is 3.87. The first-order valence-corrected chi connectivity index (χ1v) is 9.73. The maximum Gasteiger partial charge on any atom is 0.226 e. The van der Waals surface area contributed by atoms with Gasteiger partial charge in [-0.05, 0) is 12.1 Å². The summed E-state index contributed by atoms with van der Waals surface area (Å²) >= 11 is 0. The summed E-state index contributed by atoms with van der Waals surface area (Å²) in [5.41, 5.74) is 12.5. The van der Waals surface area contributed by atoms with Crippen LogP contribution < -0.4 is 16.0 Å². The number of pyridine rings is 1. The van der Waals surface area contributed by atoms with Gasteiger partial charge in [0, 0.05) is 42.1 Å². The first-order chi connectivity index (χ1) is 14.6. The number of H-pyrrole nitrogens is 2. The molecule has 0 aliphatic rings. The van der Waals surface area contributed by atoms with Crippen LogP contribution in [0.5, 0.6) is 0 Å². The molecule has 146 valence electrons. The van der Waals surface area contributed by atoms with Gasteiger partial charge in [0.05, 0.1) is 21.9 Å². The number of fused-ring (bicyclic) bond motifs is 6. The Morgan fingerprint density at radius 1 is 0.900 bits per heavy atom. The van der Waals surface area contributed by atoms with E-state index >= 15 is 0 Å². The van der Waals surface area contributed by atoms with Gasteiger partial charge in [-0.25, -0.2) is 15.0 Å². The van der Waals surface area contributed by atoms with Crippen molar-refractivity contribution in [2.24, 2.45) is 5.73 Å². The van der Waals surface area contributed by atoms with E-state index in [1.54, 1.807) is 0 Å². The number of anilines is 1. The molecule has 6 rings (SSSR count). The molecule has 4 heterocycles. The summed E-state index contributed by atoms with van der Waals surface area (Å²) in [6.07, 6.45) is 1.93. The van der Waals surface area contributed by atoms with Crippen molar-refractivity contribution < 1.29 is 0 Å². The highest BCUT2D eigenvalue weighted by molar-refractivity contribution is 6.17. The van der Waals surface area contributed by atoms with E-state index < -0.39 is 0 Å². The number of aromatic amines is 2. The lowest BCUT2D eigenvalue weighted by atomic mass is 10.1. The van der Waals surface area contributed by atoms with Crippen LogP contribution in [-0.2, 0) is 0 Å².